The van der Waals surface area contributed by atoms with Crippen molar-refractivity contribution < 1.29 is 26.7 Å². The van der Waals surface area contributed by atoms with Crippen LogP contribution in [0.15, 0.2) is 18.2 Å². The van der Waals surface area contributed by atoms with Crippen molar-refractivity contribution in [2.24, 2.45) is 0 Å². The smallest absolute Gasteiger partial charge is 0.387 e. The maximum Gasteiger partial charge on any atom is 0.387 e. The Morgan fingerprint density at radius 1 is 1.23 bits per heavy atom. The highest BCUT2D eigenvalue weighted by Gasteiger charge is 2.18. The Kier molecular flexibility index (Phi) is 6.98. The lowest BCUT2D eigenvalue weighted by molar-refractivity contribution is -0.0512. The number of ether oxygens (including phenoxy) is 2. The van der Waals surface area contributed by atoms with Crippen molar-refractivity contribution in [3.8, 4) is 11.5 Å². The normalized spacial score (nSPS) is 12.0. The average molecular weight is 338 g/mol. The van der Waals surface area contributed by atoms with Gasteiger partial charge in [0, 0.05) is 19.6 Å². The predicted molar refractivity (Wildman–Crippen MR) is 78.3 cm³/mol. The molecule has 0 aliphatic heterocycles. The highest BCUT2D eigenvalue weighted by atomic mass is 32.2. The molecule has 0 amide bonds. The molecule has 9 heteroatoms. The molecular weight excluding hydrogens is 318 g/mol. The first-order valence-electron chi connectivity index (χ1n) is 6.70. The summed E-state index contributed by atoms with van der Waals surface area (Å²) in [6, 6.07) is 4.25. The third-order valence-corrected chi connectivity index (χ3v) is 4.65. The van der Waals surface area contributed by atoms with Gasteiger partial charge in [-0.25, -0.2) is 0 Å². The van der Waals surface area contributed by atoms with Crippen molar-refractivity contribution in [1.29, 1.82) is 0 Å². The minimum absolute atomic E-state index is 0.0180. The first-order valence-corrected chi connectivity index (χ1v) is 8.14. The first kappa shape index (κ1) is 18.6. The number of benzene rings is 1. The molecule has 0 saturated heterocycles. The molecule has 0 bridgehead atoms. The van der Waals surface area contributed by atoms with Crippen LogP contribution in [0.25, 0.3) is 0 Å². The monoisotopic (exact) mass is 338 g/mol. The maximum atomic E-state index is 12.2. The van der Waals surface area contributed by atoms with Gasteiger partial charge in [0.2, 0.25) is 0 Å². The molecule has 0 saturated carbocycles. The van der Waals surface area contributed by atoms with Gasteiger partial charge in [0.05, 0.1) is 7.11 Å². The van der Waals surface area contributed by atoms with Crippen LogP contribution in [0.3, 0.4) is 0 Å². The maximum absolute atomic E-state index is 12.2. The fourth-order valence-corrected chi connectivity index (χ4v) is 3.06. The van der Waals surface area contributed by atoms with Gasteiger partial charge in [-0.05, 0) is 17.7 Å². The molecule has 126 valence electrons. The number of hydrogen-bond donors (Lipinski definition) is 1. The quantitative estimate of drug-likeness (QED) is 0.747. The molecule has 0 atom stereocenters. The molecule has 1 N–H and O–H groups in total. The van der Waals surface area contributed by atoms with Crippen molar-refractivity contribution in [3.63, 3.8) is 0 Å². The molecule has 0 aromatic heterocycles. The summed E-state index contributed by atoms with van der Waals surface area (Å²) in [6.45, 7) is 1.25. The van der Waals surface area contributed by atoms with Gasteiger partial charge in [0.25, 0.3) is 10.2 Å². The van der Waals surface area contributed by atoms with Crippen LogP contribution in [0.5, 0.6) is 11.5 Å². The van der Waals surface area contributed by atoms with Gasteiger partial charge >= 0.3 is 6.61 Å². The number of methoxy groups -OCH3 is 1. The van der Waals surface area contributed by atoms with Crippen LogP contribution in [0, 0.1) is 0 Å². The minimum atomic E-state index is -3.58. The molecule has 0 heterocycles. The molecule has 0 fully saturated rings. The highest BCUT2D eigenvalue weighted by Crippen LogP contribution is 2.29. The SMILES string of the molecule is CCN(CC)S(=O)(=O)NCc1ccc(OC(F)F)c(OC)c1. The zero-order valence-electron chi connectivity index (χ0n) is 12.7. The summed E-state index contributed by atoms with van der Waals surface area (Å²) >= 11 is 0. The Hall–Kier alpha value is -1.45. The Balaban J connectivity index is 2.83. The van der Waals surface area contributed by atoms with E-state index in [0.29, 0.717) is 18.7 Å². The van der Waals surface area contributed by atoms with E-state index in [1.54, 1.807) is 13.8 Å². The van der Waals surface area contributed by atoms with Crippen LogP contribution in [0.1, 0.15) is 19.4 Å². The Bertz CT molecular complexity index is 577. The molecule has 6 nitrogen and oxygen atoms in total. The lowest BCUT2D eigenvalue weighted by Crippen LogP contribution is -2.40. The van der Waals surface area contributed by atoms with E-state index in [0.717, 1.165) is 0 Å². The lowest BCUT2D eigenvalue weighted by atomic mass is 10.2. The second-order valence-corrected chi connectivity index (χ2v) is 6.03. The van der Waals surface area contributed by atoms with E-state index >= 15 is 0 Å². The van der Waals surface area contributed by atoms with Crippen LogP contribution < -0.4 is 14.2 Å². The van der Waals surface area contributed by atoms with Gasteiger partial charge in [0.15, 0.2) is 11.5 Å². The molecule has 1 aromatic rings. The fourth-order valence-electron chi connectivity index (χ4n) is 1.84. The molecule has 0 aliphatic carbocycles. The molecule has 1 aromatic carbocycles. The number of nitrogens with zero attached hydrogens (tertiary/aromatic N) is 1. The van der Waals surface area contributed by atoms with Gasteiger partial charge < -0.3 is 9.47 Å². The minimum Gasteiger partial charge on any atom is -0.493 e. The van der Waals surface area contributed by atoms with Crippen LogP contribution in [0.2, 0.25) is 0 Å². The van der Waals surface area contributed by atoms with E-state index in [4.69, 9.17) is 4.74 Å². The zero-order chi connectivity index (χ0) is 16.8. The first-order chi connectivity index (χ1) is 10.3. The second kappa shape index (κ2) is 8.25. The van der Waals surface area contributed by atoms with Gasteiger partial charge in [0.1, 0.15) is 0 Å². The van der Waals surface area contributed by atoms with Gasteiger partial charge in [-0.3, -0.25) is 0 Å². The van der Waals surface area contributed by atoms with E-state index in [9.17, 15) is 17.2 Å². The summed E-state index contributed by atoms with van der Waals surface area (Å²) < 4.78 is 61.4. The highest BCUT2D eigenvalue weighted by molar-refractivity contribution is 7.87. The molecular formula is C13H20F2N2O4S. The third-order valence-electron chi connectivity index (χ3n) is 2.95. The molecule has 0 radical (unpaired) electrons. The molecule has 22 heavy (non-hydrogen) atoms. The van der Waals surface area contributed by atoms with Crippen LogP contribution in [-0.2, 0) is 16.8 Å². The van der Waals surface area contributed by atoms with Crippen molar-refractivity contribution in [3.05, 3.63) is 23.8 Å². The summed E-state index contributed by atoms with van der Waals surface area (Å²) in [5, 5.41) is 0. The van der Waals surface area contributed by atoms with Crippen molar-refractivity contribution in [2.45, 2.75) is 27.0 Å². The van der Waals surface area contributed by atoms with Crippen LogP contribution in [-0.4, -0.2) is 39.5 Å². The van der Waals surface area contributed by atoms with Gasteiger partial charge in [-0.1, -0.05) is 19.9 Å². The second-order valence-electron chi connectivity index (χ2n) is 4.27. The topological polar surface area (TPSA) is 67.9 Å². The van der Waals surface area contributed by atoms with E-state index in [1.807, 2.05) is 0 Å². The Morgan fingerprint density at radius 2 is 1.86 bits per heavy atom. The van der Waals surface area contributed by atoms with E-state index in [-0.39, 0.29) is 18.0 Å². The predicted octanol–water partition coefficient (Wildman–Crippen LogP) is 1.97. The van der Waals surface area contributed by atoms with Crippen LogP contribution in [0.4, 0.5) is 8.78 Å². The zero-order valence-corrected chi connectivity index (χ0v) is 13.5. The number of alkyl halides is 2. The summed E-state index contributed by atoms with van der Waals surface area (Å²) in [5.41, 5.74) is 0.564. The number of hydrogen-bond acceptors (Lipinski definition) is 4. The molecule has 1 rings (SSSR count). The number of rotatable bonds is 9. The van der Waals surface area contributed by atoms with Gasteiger partial charge in [-0.15, -0.1) is 0 Å². The Labute approximate surface area is 129 Å². The molecule has 0 unspecified atom stereocenters. The lowest BCUT2D eigenvalue weighted by Gasteiger charge is -2.19. The summed E-state index contributed by atoms with van der Waals surface area (Å²) in [5.74, 6) is 0.00712. The summed E-state index contributed by atoms with van der Waals surface area (Å²) in [4.78, 5) is 0. The summed E-state index contributed by atoms with van der Waals surface area (Å²) in [6.07, 6.45) is 0. The van der Waals surface area contributed by atoms with Crippen molar-refractivity contribution >= 4 is 10.2 Å². The van der Waals surface area contributed by atoms with Crippen molar-refractivity contribution in [2.75, 3.05) is 20.2 Å². The van der Waals surface area contributed by atoms with E-state index < -0.39 is 16.8 Å². The molecule has 0 spiro atoms. The standard InChI is InChI=1S/C13H20F2N2O4S/c1-4-17(5-2)22(18,19)16-9-10-6-7-11(21-13(14)15)12(8-10)20-3/h6-8,13,16H,4-5,9H2,1-3H3. The fraction of sp³-hybridized carbons (Fsp3) is 0.538. The Morgan fingerprint density at radius 3 is 2.36 bits per heavy atom. The largest absolute Gasteiger partial charge is 0.493 e. The number of halogens is 2. The third kappa shape index (κ3) is 5.08. The molecule has 0 aliphatic rings. The average Bonchev–Trinajstić information content (AvgIpc) is 2.46. The van der Waals surface area contributed by atoms with Crippen molar-refractivity contribution in [1.82, 2.24) is 9.03 Å². The number of nitrogens with one attached hydrogen (secondary N) is 1. The van der Waals surface area contributed by atoms with Crippen LogP contribution >= 0.6 is 0 Å². The summed E-state index contributed by atoms with van der Waals surface area (Å²) in [7, 11) is -2.26. The van der Waals surface area contributed by atoms with E-state index in [2.05, 4.69) is 9.46 Å². The van der Waals surface area contributed by atoms with Gasteiger partial charge in [-0.2, -0.15) is 26.2 Å². The van der Waals surface area contributed by atoms with E-state index in [1.165, 1.54) is 29.6 Å².